The molecule has 0 saturated heterocycles. The van der Waals surface area contributed by atoms with E-state index in [1.165, 1.54) is 12.1 Å². The Bertz CT molecular complexity index is 685. The molecule has 116 valence electrons. The number of halogens is 1. The highest BCUT2D eigenvalue weighted by atomic mass is 35.5. The van der Waals surface area contributed by atoms with Gasteiger partial charge >= 0.3 is 0 Å². The summed E-state index contributed by atoms with van der Waals surface area (Å²) < 4.78 is 5.38. The number of nitrogens with two attached hydrogens (primary N) is 1. The molecule has 0 atom stereocenters. The van der Waals surface area contributed by atoms with Crippen molar-refractivity contribution in [1.29, 1.82) is 0 Å². The molecule has 22 heavy (non-hydrogen) atoms. The summed E-state index contributed by atoms with van der Waals surface area (Å²) in [5.41, 5.74) is 1.80. The predicted octanol–water partition coefficient (Wildman–Crippen LogP) is 3.06. The van der Waals surface area contributed by atoms with Crippen LogP contribution in [0.2, 0.25) is 5.02 Å². The summed E-state index contributed by atoms with van der Waals surface area (Å²) in [6, 6.07) is 10.1. The largest absolute Gasteiger partial charge is 0.507 e. The van der Waals surface area contributed by atoms with Gasteiger partial charge in [-0.3, -0.25) is 0 Å². The van der Waals surface area contributed by atoms with Gasteiger partial charge < -0.3 is 20.8 Å². The number of phenols is 2. The van der Waals surface area contributed by atoms with E-state index in [1.807, 2.05) is 31.2 Å². The van der Waals surface area contributed by atoms with Gasteiger partial charge in [0.1, 0.15) is 17.2 Å². The molecule has 0 aliphatic rings. The number of ether oxygens (including phenoxy) is 1. The van der Waals surface area contributed by atoms with Crippen LogP contribution in [0.5, 0.6) is 17.2 Å². The first kappa shape index (κ1) is 16.0. The molecule has 0 aromatic heterocycles. The second-order valence-electron chi connectivity index (χ2n) is 4.65. The fourth-order valence-electron chi connectivity index (χ4n) is 2.06. The number of nitrogens with zero attached hydrogens (tertiary/aromatic N) is 1. The van der Waals surface area contributed by atoms with Gasteiger partial charge in [-0.25, -0.2) is 0 Å². The molecule has 2 aromatic carbocycles. The van der Waals surface area contributed by atoms with Crippen molar-refractivity contribution in [2.24, 2.45) is 10.9 Å². The molecule has 0 saturated carbocycles. The molecule has 6 heteroatoms. The Kier molecular flexibility index (Phi) is 5.12. The Balaban J connectivity index is 2.24. The Labute approximate surface area is 133 Å². The van der Waals surface area contributed by atoms with E-state index in [9.17, 15) is 10.2 Å². The Morgan fingerprint density at radius 2 is 1.86 bits per heavy atom. The quantitative estimate of drug-likeness (QED) is 0.449. The van der Waals surface area contributed by atoms with E-state index in [4.69, 9.17) is 22.2 Å². The van der Waals surface area contributed by atoms with E-state index < -0.39 is 0 Å². The van der Waals surface area contributed by atoms with Crippen molar-refractivity contribution in [3.63, 3.8) is 0 Å². The molecule has 4 N–H and O–H groups in total. The number of phenolic OH excluding ortho intramolecular Hbond substituents is 2. The van der Waals surface area contributed by atoms with E-state index in [0.29, 0.717) is 24.3 Å². The Morgan fingerprint density at radius 1 is 1.18 bits per heavy atom. The molecule has 5 nitrogen and oxygen atoms in total. The van der Waals surface area contributed by atoms with Gasteiger partial charge in [-0.2, -0.15) is 5.10 Å². The van der Waals surface area contributed by atoms with Crippen LogP contribution >= 0.6 is 11.6 Å². The van der Waals surface area contributed by atoms with Crippen LogP contribution in [0.3, 0.4) is 0 Å². The van der Waals surface area contributed by atoms with Crippen molar-refractivity contribution in [1.82, 2.24) is 0 Å². The van der Waals surface area contributed by atoms with E-state index >= 15 is 0 Å². The summed E-state index contributed by atoms with van der Waals surface area (Å²) in [5, 5.41) is 23.3. The van der Waals surface area contributed by atoms with E-state index in [2.05, 4.69) is 5.10 Å². The molecule has 0 spiro atoms. The molecule has 0 aliphatic carbocycles. The molecular formula is C16H17ClN2O3. The first-order valence-corrected chi connectivity index (χ1v) is 7.13. The summed E-state index contributed by atoms with van der Waals surface area (Å²) in [4.78, 5) is 0. The van der Waals surface area contributed by atoms with Gasteiger partial charge in [-0.05, 0) is 30.7 Å². The van der Waals surface area contributed by atoms with Crippen molar-refractivity contribution in [2.45, 2.75) is 13.3 Å². The topological polar surface area (TPSA) is 88.1 Å². The lowest BCUT2D eigenvalue weighted by Gasteiger charge is -2.10. The zero-order valence-electron chi connectivity index (χ0n) is 12.1. The van der Waals surface area contributed by atoms with Gasteiger partial charge in [0.2, 0.25) is 0 Å². The highest BCUT2D eigenvalue weighted by molar-refractivity contribution is 6.32. The molecule has 0 bridgehead atoms. The molecule has 0 amide bonds. The van der Waals surface area contributed by atoms with Crippen LogP contribution in [0, 0.1) is 0 Å². The maximum absolute atomic E-state index is 9.93. The standard InChI is InChI=1S/C16H17ClN2O3/c1-2-22-11-5-3-10(4-6-11)7-14(19-18)12-8-13(17)16(21)9-15(12)20/h3-6,8-9,20-21H,2,7,18H2,1H3/b19-14-. The van der Waals surface area contributed by atoms with Crippen LogP contribution in [0.1, 0.15) is 18.1 Å². The molecule has 0 aliphatic heterocycles. The third-order valence-electron chi connectivity index (χ3n) is 3.14. The maximum Gasteiger partial charge on any atom is 0.137 e. The fourth-order valence-corrected chi connectivity index (χ4v) is 2.22. The fraction of sp³-hybridized carbons (Fsp3) is 0.188. The molecular weight excluding hydrogens is 304 g/mol. The van der Waals surface area contributed by atoms with Crippen molar-refractivity contribution < 1.29 is 14.9 Å². The summed E-state index contributed by atoms with van der Waals surface area (Å²) >= 11 is 5.87. The minimum atomic E-state index is -0.194. The predicted molar refractivity (Wildman–Crippen MR) is 86.8 cm³/mol. The first-order chi connectivity index (χ1) is 10.5. The normalized spacial score (nSPS) is 11.5. The Morgan fingerprint density at radius 3 is 2.45 bits per heavy atom. The smallest absolute Gasteiger partial charge is 0.137 e. The molecule has 0 fully saturated rings. The van der Waals surface area contributed by atoms with E-state index in [1.54, 1.807) is 0 Å². The summed E-state index contributed by atoms with van der Waals surface area (Å²) in [6.07, 6.45) is 0.414. The number of hydrogen-bond donors (Lipinski definition) is 3. The molecule has 0 heterocycles. The zero-order valence-corrected chi connectivity index (χ0v) is 12.8. The van der Waals surface area contributed by atoms with Gasteiger partial charge in [-0.15, -0.1) is 0 Å². The molecule has 2 aromatic rings. The van der Waals surface area contributed by atoms with Gasteiger partial charge in [-0.1, -0.05) is 23.7 Å². The lowest BCUT2D eigenvalue weighted by molar-refractivity contribution is 0.340. The van der Waals surface area contributed by atoms with Crippen LogP contribution in [0.25, 0.3) is 0 Å². The summed E-state index contributed by atoms with van der Waals surface area (Å²) in [7, 11) is 0. The number of hydrogen-bond acceptors (Lipinski definition) is 5. The summed E-state index contributed by atoms with van der Waals surface area (Å²) in [6.45, 7) is 2.53. The van der Waals surface area contributed by atoms with E-state index in [0.717, 1.165) is 11.3 Å². The highest BCUT2D eigenvalue weighted by Crippen LogP contribution is 2.31. The average molecular weight is 321 g/mol. The van der Waals surface area contributed by atoms with Crippen molar-refractivity contribution in [2.75, 3.05) is 6.61 Å². The molecule has 0 unspecified atom stereocenters. The van der Waals surface area contributed by atoms with Crippen LogP contribution in [0.4, 0.5) is 0 Å². The minimum Gasteiger partial charge on any atom is -0.507 e. The second kappa shape index (κ2) is 7.04. The third-order valence-corrected chi connectivity index (χ3v) is 3.44. The van der Waals surface area contributed by atoms with E-state index in [-0.39, 0.29) is 16.5 Å². The first-order valence-electron chi connectivity index (χ1n) is 6.75. The van der Waals surface area contributed by atoms with Crippen LogP contribution < -0.4 is 10.6 Å². The molecule has 2 rings (SSSR count). The van der Waals surface area contributed by atoms with Crippen molar-refractivity contribution >= 4 is 17.3 Å². The number of rotatable bonds is 5. The van der Waals surface area contributed by atoms with Crippen LogP contribution in [-0.4, -0.2) is 22.5 Å². The number of benzene rings is 2. The lowest BCUT2D eigenvalue weighted by atomic mass is 10.0. The van der Waals surface area contributed by atoms with Gasteiger partial charge in [0.25, 0.3) is 0 Å². The lowest BCUT2D eigenvalue weighted by Crippen LogP contribution is -2.09. The highest BCUT2D eigenvalue weighted by Gasteiger charge is 2.13. The number of hydrazone groups is 1. The zero-order chi connectivity index (χ0) is 16.1. The van der Waals surface area contributed by atoms with Crippen LogP contribution in [-0.2, 0) is 6.42 Å². The van der Waals surface area contributed by atoms with Gasteiger partial charge in [0.15, 0.2) is 0 Å². The van der Waals surface area contributed by atoms with Gasteiger partial charge in [0, 0.05) is 18.1 Å². The van der Waals surface area contributed by atoms with Crippen molar-refractivity contribution in [3.8, 4) is 17.2 Å². The van der Waals surface area contributed by atoms with Gasteiger partial charge in [0.05, 0.1) is 17.3 Å². The maximum atomic E-state index is 9.93. The SMILES string of the molecule is CCOc1ccc(C/C(=N/N)c2cc(Cl)c(O)cc2O)cc1. The second-order valence-corrected chi connectivity index (χ2v) is 5.06. The number of aromatic hydroxyl groups is 2. The summed E-state index contributed by atoms with van der Waals surface area (Å²) in [5.74, 6) is 5.90. The average Bonchev–Trinajstić information content (AvgIpc) is 2.51. The van der Waals surface area contributed by atoms with Crippen molar-refractivity contribution in [3.05, 3.63) is 52.5 Å². The third kappa shape index (κ3) is 3.62. The molecule has 0 radical (unpaired) electrons. The monoisotopic (exact) mass is 320 g/mol. The van der Waals surface area contributed by atoms with Crippen LogP contribution in [0.15, 0.2) is 41.5 Å². The Hall–Kier alpha value is -2.40. The minimum absolute atomic E-state index is 0.126.